The first-order valence-electron chi connectivity index (χ1n) is 6.06. The number of carbonyl (C=O) groups excluding carboxylic acids is 1. The van der Waals surface area contributed by atoms with Gasteiger partial charge in [-0.3, -0.25) is 0 Å². The zero-order chi connectivity index (χ0) is 11.3. The molecule has 2 N–H and O–H groups in total. The predicted molar refractivity (Wildman–Crippen MR) is 62.9 cm³/mol. The SMILES string of the molecule is CC(C)NC(=O)NCC1(C)CCCCC1. The lowest BCUT2D eigenvalue weighted by atomic mass is 9.76. The number of hydrogen-bond donors (Lipinski definition) is 2. The molecule has 1 aliphatic carbocycles. The number of urea groups is 1. The van der Waals surface area contributed by atoms with Gasteiger partial charge < -0.3 is 10.6 Å². The van der Waals surface area contributed by atoms with Crippen LogP contribution in [-0.4, -0.2) is 18.6 Å². The summed E-state index contributed by atoms with van der Waals surface area (Å²) in [6.45, 7) is 7.04. The van der Waals surface area contributed by atoms with E-state index in [9.17, 15) is 4.79 Å². The minimum absolute atomic E-state index is 0.0307. The van der Waals surface area contributed by atoms with E-state index in [1.807, 2.05) is 13.8 Å². The Bertz CT molecular complexity index is 208. The molecule has 0 aromatic heterocycles. The summed E-state index contributed by atoms with van der Waals surface area (Å²) in [4.78, 5) is 11.4. The van der Waals surface area contributed by atoms with Crippen LogP contribution in [0, 0.1) is 5.41 Å². The first-order chi connectivity index (χ1) is 7.02. The third-order valence-electron chi connectivity index (χ3n) is 3.16. The molecule has 3 heteroatoms. The van der Waals surface area contributed by atoms with Crippen molar-refractivity contribution in [3.8, 4) is 0 Å². The van der Waals surface area contributed by atoms with Crippen LogP contribution in [0.3, 0.4) is 0 Å². The molecule has 1 rings (SSSR count). The van der Waals surface area contributed by atoms with Crippen LogP contribution in [0.2, 0.25) is 0 Å². The van der Waals surface area contributed by atoms with Gasteiger partial charge in [0.25, 0.3) is 0 Å². The fourth-order valence-electron chi connectivity index (χ4n) is 2.19. The quantitative estimate of drug-likeness (QED) is 0.742. The van der Waals surface area contributed by atoms with Gasteiger partial charge in [-0.2, -0.15) is 0 Å². The highest BCUT2D eigenvalue weighted by Crippen LogP contribution is 2.34. The molecule has 0 unspecified atom stereocenters. The molecule has 1 saturated carbocycles. The summed E-state index contributed by atoms with van der Waals surface area (Å²) in [5.41, 5.74) is 0.326. The van der Waals surface area contributed by atoms with E-state index < -0.39 is 0 Å². The van der Waals surface area contributed by atoms with Crippen LogP contribution in [0.1, 0.15) is 52.9 Å². The van der Waals surface area contributed by atoms with E-state index >= 15 is 0 Å². The molecule has 88 valence electrons. The maximum atomic E-state index is 11.4. The Morgan fingerprint density at radius 2 is 1.87 bits per heavy atom. The molecule has 1 fully saturated rings. The maximum Gasteiger partial charge on any atom is 0.315 e. The van der Waals surface area contributed by atoms with Gasteiger partial charge in [0.15, 0.2) is 0 Å². The lowest BCUT2D eigenvalue weighted by molar-refractivity contribution is 0.198. The van der Waals surface area contributed by atoms with Gasteiger partial charge in [0.2, 0.25) is 0 Å². The standard InChI is InChI=1S/C12H24N2O/c1-10(2)14-11(15)13-9-12(3)7-5-4-6-8-12/h10H,4-9H2,1-3H3,(H2,13,14,15). The van der Waals surface area contributed by atoms with Crippen LogP contribution in [0.15, 0.2) is 0 Å². The van der Waals surface area contributed by atoms with E-state index in [1.54, 1.807) is 0 Å². The Kier molecular flexibility index (Phi) is 4.43. The van der Waals surface area contributed by atoms with Crippen molar-refractivity contribution in [3.63, 3.8) is 0 Å². The highest BCUT2D eigenvalue weighted by molar-refractivity contribution is 5.74. The van der Waals surface area contributed by atoms with E-state index in [-0.39, 0.29) is 12.1 Å². The largest absolute Gasteiger partial charge is 0.338 e. The normalized spacial score (nSPS) is 20.0. The lowest BCUT2D eigenvalue weighted by Gasteiger charge is -2.33. The van der Waals surface area contributed by atoms with Gasteiger partial charge in [0.1, 0.15) is 0 Å². The Morgan fingerprint density at radius 1 is 1.27 bits per heavy atom. The summed E-state index contributed by atoms with van der Waals surface area (Å²) in [5, 5.41) is 5.82. The summed E-state index contributed by atoms with van der Waals surface area (Å²) < 4.78 is 0. The minimum Gasteiger partial charge on any atom is -0.338 e. The van der Waals surface area contributed by atoms with Gasteiger partial charge in [-0.25, -0.2) is 4.79 Å². The molecule has 0 aromatic carbocycles. The second kappa shape index (κ2) is 5.38. The monoisotopic (exact) mass is 212 g/mol. The van der Waals surface area contributed by atoms with E-state index in [0.717, 1.165) is 6.54 Å². The van der Waals surface area contributed by atoms with E-state index in [0.29, 0.717) is 5.41 Å². The Hall–Kier alpha value is -0.730. The van der Waals surface area contributed by atoms with Gasteiger partial charge in [0, 0.05) is 12.6 Å². The maximum absolute atomic E-state index is 11.4. The first kappa shape index (κ1) is 12.3. The molecule has 1 aliphatic rings. The summed E-state index contributed by atoms with van der Waals surface area (Å²) in [6.07, 6.45) is 6.46. The number of nitrogens with one attached hydrogen (secondary N) is 2. The number of hydrogen-bond acceptors (Lipinski definition) is 1. The second-order valence-electron chi connectivity index (χ2n) is 5.35. The minimum atomic E-state index is -0.0307. The smallest absolute Gasteiger partial charge is 0.315 e. The van der Waals surface area contributed by atoms with E-state index in [1.165, 1.54) is 32.1 Å². The lowest BCUT2D eigenvalue weighted by Crippen LogP contribution is -2.44. The van der Waals surface area contributed by atoms with Crippen molar-refractivity contribution in [1.82, 2.24) is 10.6 Å². The summed E-state index contributed by atoms with van der Waals surface area (Å²) in [6, 6.07) is 0.181. The van der Waals surface area contributed by atoms with E-state index in [2.05, 4.69) is 17.6 Å². The van der Waals surface area contributed by atoms with Gasteiger partial charge in [-0.15, -0.1) is 0 Å². The van der Waals surface area contributed by atoms with Crippen molar-refractivity contribution in [2.75, 3.05) is 6.54 Å². The highest BCUT2D eigenvalue weighted by atomic mass is 16.2. The van der Waals surface area contributed by atoms with Crippen molar-refractivity contribution in [2.24, 2.45) is 5.41 Å². The zero-order valence-electron chi connectivity index (χ0n) is 10.2. The average Bonchev–Trinajstić information content (AvgIpc) is 2.15. The van der Waals surface area contributed by atoms with Crippen molar-refractivity contribution in [1.29, 1.82) is 0 Å². The Balaban J connectivity index is 2.25. The van der Waals surface area contributed by atoms with Crippen LogP contribution < -0.4 is 10.6 Å². The molecule has 0 aromatic rings. The molecule has 3 nitrogen and oxygen atoms in total. The zero-order valence-corrected chi connectivity index (χ0v) is 10.2. The van der Waals surface area contributed by atoms with Crippen molar-refractivity contribution in [3.05, 3.63) is 0 Å². The topological polar surface area (TPSA) is 41.1 Å². The highest BCUT2D eigenvalue weighted by Gasteiger charge is 2.26. The van der Waals surface area contributed by atoms with Gasteiger partial charge in [0.05, 0.1) is 0 Å². The summed E-state index contributed by atoms with van der Waals surface area (Å²) in [5.74, 6) is 0. The van der Waals surface area contributed by atoms with Crippen LogP contribution in [-0.2, 0) is 0 Å². The summed E-state index contributed by atoms with van der Waals surface area (Å²) in [7, 11) is 0. The molecule has 0 heterocycles. The molecule has 0 saturated heterocycles. The molecule has 0 spiro atoms. The molecule has 0 bridgehead atoms. The number of amides is 2. The average molecular weight is 212 g/mol. The number of rotatable bonds is 3. The fraction of sp³-hybridized carbons (Fsp3) is 0.917. The first-order valence-corrected chi connectivity index (χ1v) is 6.06. The van der Waals surface area contributed by atoms with Crippen LogP contribution in [0.25, 0.3) is 0 Å². The van der Waals surface area contributed by atoms with Crippen molar-refractivity contribution in [2.45, 2.75) is 58.9 Å². The van der Waals surface area contributed by atoms with Crippen molar-refractivity contribution >= 4 is 6.03 Å². The van der Waals surface area contributed by atoms with E-state index in [4.69, 9.17) is 0 Å². The number of carbonyl (C=O) groups is 1. The fourth-order valence-corrected chi connectivity index (χ4v) is 2.19. The second-order valence-corrected chi connectivity index (χ2v) is 5.35. The van der Waals surface area contributed by atoms with Crippen LogP contribution in [0.4, 0.5) is 4.79 Å². The third kappa shape index (κ3) is 4.54. The van der Waals surface area contributed by atoms with Crippen LogP contribution in [0.5, 0.6) is 0 Å². The Labute approximate surface area is 93.0 Å². The molecule has 2 amide bonds. The predicted octanol–water partition coefficient (Wildman–Crippen LogP) is 2.66. The van der Waals surface area contributed by atoms with Gasteiger partial charge in [-0.1, -0.05) is 26.2 Å². The summed E-state index contributed by atoms with van der Waals surface area (Å²) >= 11 is 0. The molecule has 0 atom stereocenters. The molecular weight excluding hydrogens is 188 g/mol. The van der Waals surface area contributed by atoms with Crippen LogP contribution >= 0.6 is 0 Å². The van der Waals surface area contributed by atoms with Gasteiger partial charge in [-0.05, 0) is 32.1 Å². The third-order valence-corrected chi connectivity index (χ3v) is 3.16. The molecule has 0 radical (unpaired) electrons. The molecular formula is C12H24N2O. The Morgan fingerprint density at radius 3 is 2.40 bits per heavy atom. The van der Waals surface area contributed by atoms with Gasteiger partial charge >= 0.3 is 6.03 Å². The molecule has 15 heavy (non-hydrogen) atoms. The molecule has 0 aliphatic heterocycles. The van der Waals surface area contributed by atoms with Crippen molar-refractivity contribution < 1.29 is 4.79 Å².